The smallest absolute Gasteiger partial charge is 0.0813 e. The summed E-state index contributed by atoms with van der Waals surface area (Å²) in [7, 11) is 0. The van der Waals surface area contributed by atoms with E-state index in [1.165, 1.54) is 5.56 Å². The van der Waals surface area contributed by atoms with Crippen molar-refractivity contribution >= 4 is 17.3 Å². The van der Waals surface area contributed by atoms with Gasteiger partial charge in [0.2, 0.25) is 0 Å². The molecular weight excluding hydrogens is 330 g/mol. The summed E-state index contributed by atoms with van der Waals surface area (Å²) in [5.74, 6) is 0. The van der Waals surface area contributed by atoms with Crippen LogP contribution in [-0.4, -0.2) is 5.11 Å². The van der Waals surface area contributed by atoms with Crippen molar-refractivity contribution in [1.82, 2.24) is 0 Å². The molecule has 2 nitrogen and oxygen atoms in total. The third-order valence-electron chi connectivity index (χ3n) is 4.31. The lowest BCUT2D eigenvalue weighted by atomic mass is 9.96. The molecule has 0 spiro atoms. The quantitative estimate of drug-likeness (QED) is 0.577. The minimum atomic E-state index is -0.569. The number of aryl methyl sites for hydroxylation is 1. The van der Waals surface area contributed by atoms with Crippen molar-refractivity contribution in [2.45, 2.75) is 25.5 Å². The van der Waals surface area contributed by atoms with Gasteiger partial charge in [-0.1, -0.05) is 71.8 Å². The molecule has 0 bridgehead atoms. The van der Waals surface area contributed by atoms with Gasteiger partial charge in [0.05, 0.1) is 12.1 Å². The zero-order chi connectivity index (χ0) is 17.6. The Morgan fingerprint density at radius 2 is 1.48 bits per heavy atom. The fourth-order valence-corrected chi connectivity index (χ4v) is 2.98. The van der Waals surface area contributed by atoms with Gasteiger partial charge in [-0.25, -0.2) is 0 Å². The number of rotatable bonds is 6. The maximum Gasteiger partial charge on any atom is 0.0813 e. The summed E-state index contributed by atoms with van der Waals surface area (Å²) in [6, 6.07) is 25.9. The first-order valence-corrected chi connectivity index (χ1v) is 8.81. The van der Waals surface area contributed by atoms with E-state index >= 15 is 0 Å². The van der Waals surface area contributed by atoms with Crippen molar-refractivity contribution in [3.63, 3.8) is 0 Å². The van der Waals surface area contributed by atoms with E-state index in [1.807, 2.05) is 42.5 Å². The largest absolute Gasteiger partial charge is 0.388 e. The van der Waals surface area contributed by atoms with E-state index in [-0.39, 0.29) is 6.04 Å². The van der Waals surface area contributed by atoms with Crippen LogP contribution in [0.5, 0.6) is 0 Å². The summed E-state index contributed by atoms with van der Waals surface area (Å²) < 4.78 is 0. The summed E-state index contributed by atoms with van der Waals surface area (Å²) in [6.45, 7) is 2.07. The molecule has 128 valence electrons. The summed E-state index contributed by atoms with van der Waals surface area (Å²) in [5.41, 5.74) is 4.29. The molecule has 0 aromatic heterocycles. The van der Waals surface area contributed by atoms with E-state index in [2.05, 4.69) is 48.6 Å². The fraction of sp³-hybridized carbons (Fsp3) is 0.182. The van der Waals surface area contributed by atoms with Gasteiger partial charge in [0.15, 0.2) is 0 Å². The third-order valence-corrected chi connectivity index (χ3v) is 4.56. The molecule has 3 aromatic carbocycles. The van der Waals surface area contributed by atoms with Gasteiger partial charge in [0.25, 0.3) is 0 Å². The van der Waals surface area contributed by atoms with Crippen molar-refractivity contribution < 1.29 is 5.11 Å². The predicted octanol–water partition coefficient (Wildman–Crippen LogP) is 5.93. The topological polar surface area (TPSA) is 32.3 Å². The van der Waals surface area contributed by atoms with Crippen molar-refractivity contribution in [3.05, 3.63) is 101 Å². The van der Waals surface area contributed by atoms with E-state index in [9.17, 15) is 5.11 Å². The predicted molar refractivity (Wildman–Crippen MR) is 105 cm³/mol. The normalized spacial score (nSPS) is 13.2. The Morgan fingerprint density at radius 3 is 2.12 bits per heavy atom. The van der Waals surface area contributed by atoms with Gasteiger partial charge in [-0.2, -0.15) is 0 Å². The Hall–Kier alpha value is -2.29. The number of hydrogen-bond acceptors (Lipinski definition) is 2. The minimum absolute atomic E-state index is 0.00887. The molecule has 0 saturated carbocycles. The average Bonchev–Trinajstić information content (AvgIpc) is 2.64. The molecule has 0 unspecified atom stereocenters. The summed E-state index contributed by atoms with van der Waals surface area (Å²) in [6.07, 6.45) is -0.0000841. The lowest BCUT2D eigenvalue weighted by Gasteiger charge is -2.23. The van der Waals surface area contributed by atoms with E-state index in [0.29, 0.717) is 11.4 Å². The molecule has 0 aliphatic rings. The number of anilines is 1. The zero-order valence-electron chi connectivity index (χ0n) is 14.2. The van der Waals surface area contributed by atoms with E-state index in [0.717, 1.165) is 16.8 Å². The van der Waals surface area contributed by atoms with Gasteiger partial charge in [0.1, 0.15) is 0 Å². The van der Waals surface area contributed by atoms with Crippen molar-refractivity contribution in [2.75, 3.05) is 5.32 Å². The van der Waals surface area contributed by atoms with Gasteiger partial charge in [0, 0.05) is 17.1 Å². The Bertz CT molecular complexity index is 785. The van der Waals surface area contributed by atoms with Crippen LogP contribution in [0.2, 0.25) is 5.02 Å². The molecule has 3 rings (SSSR count). The van der Waals surface area contributed by atoms with Gasteiger partial charge < -0.3 is 10.4 Å². The maximum absolute atomic E-state index is 10.7. The van der Waals surface area contributed by atoms with Crippen LogP contribution < -0.4 is 5.32 Å². The highest BCUT2D eigenvalue weighted by Gasteiger charge is 2.18. The molecule has 0 heterocycles. The van der Waals surface area contributed by atoms with E-state index in [4.69, 9.17) is 11.6 Å². The van der Waals surface area contributed by atoms with E-state index < -0.39 is 6.10 Å². The number of aliphatic hydroxyl groups is 1. The second-order valence-electron chi connectivity index (χ2n) is 6.28. The molecule has 2 atom stereocenters. The van der Waals surface area contributed by atoms with E-state index in [1.54, 1.807) is 0 Å². The number of benzene rings is 3. The summed E-state index contributed by atoms with van der Waals surface area (Å²) >= 11 is 5.94. The highest BCUT2D eigenvalue weighted by Crippen LogP contribution is 2.30. The number of nitrogens with one attached hydrogen (secondary N) is 1. The molecule has 25 heavy (non-hydrogen) atoms. The molecule has 0 fully saturated rings. The van der Waals surface area contributed by atoms with Crippen LogP contribution in [0, 0.1) is 6.92 Å². The summed E-state index contributed by atoms with van der Waals surface area (Å²) in [4.78, 5) is 0. The summed E-state index contributed by atoms with van der Waals surface area (Å²) in [5, 5.41) is 14.9. The molecule has 2 N–H and O–H groups in total. The van der Waals surface area contributed by atoms with Gasteiger partial charge in [-0.05, 0) is 42.3 Å². The fourth-order valence-electron chi connectivity index (χ4n) is 2.86. The molecule has 3 heteroatoms. The Balaban J connectivity index is 1.81. The van der Waals surface area contributed by atoms with Crippen LogP contribution >= 0.6 is 11.6 Å². The SMILES string of the molecule is Cc1ccc(N[C@H](C[C@@H](O)c2ccc(Cl)cc2)c2ccccc2)cc1. The van der Waals surface area contributed by atoms with Crippen LogP contribution in [0.4, 0.5) is 5.69 Å². The zero-order valence-corrected chi connectivity index (χ0v) is 14.9. The standard InChI is InChI=1S/C22H22ClNO/c1-16-7-13-20(14-8-16)24-21(17-5-3-2-4-6-17)15-22(25)18-9-11-19(23)12-10-18/h2-14,21-22,24-25H,15H2,1H3/t21-,22-/m1/s1. The Morgan fingerprint density at radius 1 is 0.840 bits per heavy atom. The first-order chi connectivity index (χ1) is 12.1. The first-order valence-electron chi connectivity index (χ1n) is 8.43. The number of hydrogen-bond donors (Lipinski definition) is 2. The van der Waals surface area contributed by atoms with Gasteiger partial charge in [-0.3, -0.25) is 0 Å². The molecule has 0 saturated heterocycles. The molecule has 0 amide bonds. The minimum Gasteiger partial charge on any atom is -0.388 e. The second-order valence-corrected chi connectivity index (χ2v) is 6.71. The van der Waals surface area contributed by atoms with Gasteiger partial charge >= 0.3 is 0 Å². The third kappa shape index (κ3) is 4.85. The van der Waals surface area contributed by atoms with Gasteiger partial charge in [-0.15, -0.1) is 0 Å². The second kappa shape index (κ2) is 8.19. The number of aliphatic hydroxyl groups excluding tert-OH is 1. The van der Waals surface area contributed by atoms with Crippen molar-refractivity contribution in [2.24, 2.45) is 0 Å². The van der Waals surface area contributed by atoms with Crippen LogP contribution in [0.15, 0.2) is 78.9 Å². The first kappa shape index (κ1) is 17.5. The van der Waals surface area contributed by atoms with Crippen molar-refractivity contribution in [3.8, 4) is 0 Å². The average molecular weight is 352 g/mol. The Labute approximate surface area is 154 Å². The van der Waals surface area contributed by atoms with Crippen LogP contribution in [0.25, 0.3) is 0 Å². The Kier molecular flexibility index (Phi) is 5.75. The molecule has 0 radical (unpaired) electrons. The lowest BCUT2D eigenvalue weighted by Crippen LogP contribution is -2.14. The molecule has 3 aromatic rings. The molecular formula is C22H22ClNO. The highest BCUT2D eigenvalue weighted by atomic mass is 35.5. The van der Waals surface area contributed by atoms with Crippen molar-refractivity contribution in [1.29, 1.82) is 0 Å². The van der Waals surface area contributed by atoms with Crippen LogP contribution in [0.3, 0.4) is 0 Å². The maximum atomic E-state index is 10.7. The highest BCUT2D eigenvalue weighted by molar-refractivity contribution is 6.30. The van der Waals surface area contributed by atoms with Crippen LogP contribution in [0.1, 0.15) is 35.3 Å². The molecule has 0 aliphatic heterocycles. The number of halogens is 1. The lowest BCUT2D eigenvalue weighted by molar-refractivity contribution is 0.160. The monoisotopic (exact) mass is 351 g/mol. The molecule has 0 aliphatic carbocycles. The van der Waals surface area contributed by atoms with Crippen LogP contribution in [-0.2, 0) is 0 Å².